The Bertz CT molecular complexity index is 503. The molecular weight excluding hydrogens is 200 g/mol. The Labute approximate surface area is 94.3 Å². The van der Waals surface area contributed by atoms with Crippen LogP contribution in [0.2, 0.25) is 0 Å². The summed E-state index contributed by atoms with van der Waals surface area (Å²) in [5.41, 5.74) is 2.53. The second kappa shape index (κ2) is 3.72. The Hall–Kier alpha value is -1.68. The second-order valence-corrected chi connectivity index (χ2v) is 4.18. The van der Waals surface area contributed by atoms with Crippen molar-refractivity contribution >= 4 is 0 Å². The van der Waals surface area contributed by atoms with Crippen LogP contribution in [0.4, 0.5) is 0 Å². The van der Waals surface area contributed by atoms with Crippen LogP contribution in [-0.2, 0) is 6.54 Å². The first kappa shape index (κ1) is 9.54. The van der Waals surface area contributed by atoms with E-state index in [0.29, 0.717) is 0 Å². The van der Waals surface area contributed by atoms with Gasteiger partial charge in [-0.3, -0.25) is 0 Å². The molecule has 16 heavy (non-hydrogen) atoms. The predicted molar refractivity (Wildman–Crippen MR) is 61.0 cm³/mol. The molecule has 2 heterocycles. The van der Waals surface area contributed by atoms with Crippen molar-refractivity contribution < 1.29 is 0 Å². The van der Waals surface area contributed by atoms with Crippen molar-refractivity contribution in [3.63, 3.8) is 0 Å². The van der Waals surface area contributed by atoms with Gasteiger partial charge in [-0.05, 0) is 12.5 Å². The van der Waals surface area contributed by atoms with Crippen molar-refractivity contribution in [3.05, 3.63) is 47.5 Å². The molecule has 2 aromatic rings. The van der Waals surface area contributed by atoms with E-state index in [1.54, 1.807) is 6.33 Å². The van der Waals surface area contributed by atoms with Crippen molar-refractivity contribution in [1.82, 2.24) is 20.1 Å². The minimum Gasteiger partial charge on any atom is -0.315 e. The van der Waals surface area contributed by atoms with Crippen LogP contribution in [-0.4, -0.2) is 21.3 Å². The van der Waals surface area contributed by atoms with E-state index in [9.17, 15) is 0 Å². The van der Waals surface area contributed by atoms with E-state index in [2.05, 4.69) is 51.3 Å². The van der Waals surface area contributed by atoms with Crippen molar-refractivity contribution in [2.24, 2.45) is 0 Å². The SMILES string of the molecule is Cc1cccc(C2NCCn3cnnc32)c1. The third kappa shape index (κ3) is 1.51. The van der Waals surface area contributed by atoms with Gasteiger partial charge in [0.2, 0.25) is 0 Å². The number of nitrogens with zero attached hydrogens (tertiary/aromatic N) is 3. The summed E-state index contributed by atoms with van der Waals surface area (Å²) in [6, 6.07) is 8.70. The third-order valence-electron chi connectivity index (χ3n) is 2.98. The maximum Gasteiger partial charge on any atom is 0.154 e. The predicted octanol–water partition coefficient (Wildman–Crippen LogP) is 1.28. The molecule has 4 heteroatoms. The van der Waals surface area contributed by atoms with E-state index in [0.717, 1.165) is 18.9 Å². The molecular formula is C12H14N4. The highest BCUT2D eigenvalue weighted by atomic mass is 15.3. The summed E-state index contributed by atoms with van der Waals surface area (Å²) < 4.78 is 2.11. The number of hydrogen-bond acceptors (Lipinski definition) is 3. The average molecular weight is 214 g/mol. The second-order valence-electron chi connectivity index (χ2n) is 4.18. The van der Waals surface area contributed by atoms with Crippen LogP contribution in [0.3, 0.4) is 0 Å². The number of nitrogens with one attached hydrogen (secondary N) is 1. The molecule has 1 aromatic heterocycles. The quantitative estimate of drug-likeness (QED) is 0.777. The molecule has 1 aromatic carbocycles. The Morgan fingerprint density at radius 3 is 3.25 bits per heavy atom. The van der Waals surface area contributed by atoms with Gasteiger partial charge in [-0.15, -0.1) is 10.2 Å². The van der Waals surface area contributed by atoms with E-state index >= 15 is 0 Å². The fourth-order valence-corrected chi connectivity index (χ4v) is 2.20. The standard InChI is InChI=1S/C12H14N4/c1-9-3-2-4-10(7-9)11-12-15-14-8-16(12)6-5-13-11/h2-4,7-8,11,13H,5-6H2,1H3. The normalized spacial score (nSPS) is 19.4. The first-order valence-corrected chi connectivity index (χ1v) is 5.52. The summed E-state index contributed by atoms with van der Waals surface area (Å²) in [5.74, 6) is 1.01. The highest BCUT2D eigenvalue weighted by Crippen LogP contribution is 2.23. The van der Waals surface area contributed by atoms with Crippen LogP contribution >= 0.6 is 0 Å². The number of benzene rings is 1. The number of aromatic nitrogens is 3. The molecule has 1 aliphatic rings. The zero-order valence-electron chi connectivity index (χ0n) is 9.22. The molecule has 0 fully saturated rings. The molecule has 0 radical (unpaired) electrons. The van der Waals surface area contributed by atoms with Gasteiger partial charge in [-0.1, -0.05) is 29.8 Å². The molecule has 0 spiro atoms. The zero-order chi connectivity index (χ0) is 11.0. The molecule has 1 N–H and O–H groups in total. The lowest BCUT2D eigenvalue weighted by Gasteiger charge is -2.24. The molecule has 1 unspecified atom stereocenters. The average Bonchev–Trinajstić information content (AvgIpc) is 2.76. The maximum absolute atomic E-state index is 4.19. The minimum absolute atomic E-state index is 0.177. The molecule has 82 valence electrons. The van der Waals surface area contributed by atoms with Crippen LogP contribution in [0.5, 0.6) is 0 Å². The zero-order valence-corrected chi connectivity index (χ0v) is 9.22. The minimum atomic E-state index is 0.177. The number of rotatable bonds is 1. The molecule has 0 saturated heterocycles. The summed E-state index contributed by atoms with van der Waals surface area (Å²) >= 11 is 0. The van der Waals surface area contributed by atoms with E-state index in [4.69, 9.17) is 0 Å². The van der Waals surface area contributed by atoms with Crippen molar-refractivity contribution in [3.8, 4) is 0 Å². The summed E-state index contributed by atoms with van der Waals surface area (Å²) in [6.07, 6.45) is 1.80. The summed E-state index contributed by atoms with van der Waals surface area (Å²) in [7, 11) is 0. The summed E-state index contributed by atoms with van der Waals surface area (Å²) in [5, 5.41) is 11.7. The smallest absolute Gasteiger partial charge is 0.154 e. The van der Waals surface area contributed by atoms with Gasteiger partial charge in [-0.2, -0.15) is 0 Å². The molecule has 1 aliphatic heterocycles. The highest BCUT2D eigenvalue weighted by Gasteiger charge is 2.22. The van der Waals surface area contributed by atoms with E-state index in [-0.39, 0.29) is 6.04 Å². The number of aryl methyl sites for hydroxylation is 1. The van der Waals surface area contributed by atoms with Gasteiger partial charge < -0.3 is 9.88 Å². The van der Waals surface area contributed by atoms with E-state index in [1.165, 1.54) is 11.1 Å². The van der Waals surface area contributed by atoms with Crippen molar-refractivity contribution in [2.45, 2.75) is 19.5 Å². The van der Waals surface area contributed by atoms with Crippen LogP contribution in [0.25, 0.3) is 0 Å². The summed E-state index contributed by atoms with van der Waals surface area (Å²) in [6.45, 7) is 4.02. The maximum atomic E-state index is 4.19. The van der Waals surface area contributed by atoms with E-state index in [1.807, 2.05) is 0 Å². The molecule has 0 bridgehead atoms. The van der Waals surface area contributed by atoms with Gasteiger partial charge in [0.05, 0.1) is 6.04 Å². The molecule has 3 rings (SSSR count). The van der Waals surface area contributed by atoms with Gasteiger partial charge in [0.15, 0.2) is 5.82 Å². The molecule has 0 saturated carbocycles. The topological polar surface area (TPSA) is 42.7 Å². The summed E-state index contributed by atoms with van der Waals surface area (Å²) in [4.78, 5) is 0. The lowest BCUT2D eigenvalue weighted by atomic mass is 10.0. The van der Waals surface area contributed by atoms with Gasteiger partial charge >= 0.3 is 0 Å². The lowest BCUT2D eigenvalue weighted by molar-refractivity contribution is 0.455. The fourth-order valence-electron chi connectivity index (χ4n) is 2.20. The Kier molecular flexibility index (Phi) is 2.22. The van der Waals surface area contributed by atoms with Gasteiger partial charge in [0.25, 0.3) is 0 Å². The molecule has 4 nitrogen and oxygen atoms in total. The Balaban J connectivity index is 2.04. The van der Waals surface area contributed by atoms with Gasteiger partial charge in [0.1, 0.15) is 6.33 Å². The number of hydrogen-bond donors (Lipinski definition) is 1. The van der Waals surface area contributed by atoms with Gasteiger partial charge in [0, 0.05) is 13.1 Å². The third-order valence-corrected chi connectivity index (χ3v) is 2.98. The Morgan fingerprint density at radius 2 is 2.38 bits per heavy atom. The lowest BCUT2D eigenvalue weighted by Crippen LogP contribution is -2.34. The molecule has 1 atom stereocenters. The first-order chi connectivity index (χ1) is 7.84. The highest BCUT2D eigenvalue weighted by molar-refractivity contribution is 5.29. The monoisotopic (exact) mass is 214 g/mol. The number of fused-ring (bicyclic) bond motifs is 1. The van der Waals surface area contributed by atoms with E-state index < -0.39 is 0 Å². The first-order valence-electron chi connectivity index (χ1n) is 5.52. The molecule has 0 aliphatic carbocycles. The Morgan fingerprint density at radius 1 is 1.44 bits per heavy atom. The fraction of sp³-hybridized carbons (Fsp3) is 0.333. The van der Waals surface area contributed by atoms with Crippen molar-refractivity contribution in [2.75, 3.05) is 6.54 Å². The van der Waals surface area contributed by atoms with Crippen LogP contribution < -0.4 is 5.32 Å². The largest absolute Gasteiger partial charge is 0.315 e. The van der Waals surface area contributed by atoms with Gasteiger partial charge in [-0.25, -0.2) is 0 Å². The molecule has 0 amide bonds. The van der Waals surface area contributed by atoms with Crippen LogP contribution in [0.15, 0.2) is 30.6 Å². The van der Waals surface area contributed by atoms with Crippen LogP contribution in [0.1, 0.15) is 23.0 Å². The van der Waals surface area contributed by atoms with Crippen molar-refractivity contribution in [1.29, 1.82) is 0 Å². The van der Waals surface area contributed by atoms with Crippen LogP contribution in [0, 0.1) is 6.92 Å².